The van der Waals surface area contributed by atoms with Crippen LogP contribution in [0.1, 0.15) is 11.1 Å². The molecule has 7 heteroatoms. The zero-order chi connectivity index (χ0) is 20.4. The molecule has 0 radical (unpaired) electrons. The molecule has 0 aromatic heterocycles. The highest BCUT2D eigenvalue weighted by Crippen LogP contribution is 2.29. The van der Waals surface area contributed by atoms with Crippen LogP contribution >= 0.6 is 0 Å². The van der Waals surface area contributed by atoms with E-state index < -0.39 is 10.1 Å². The molecule has 0 unspecified atom stereocenters. The second-order valence-corrected chi connectivity index (χ2v) is 7.72. The first-order valence-electron chi connectivity index (χ1n) is 8.72. The highest BCUT2D eigenvalue weighted by molar-refractivity contribution is 7.86. The van der Waals surface area contributed by atoms with Gasteiger partial charge in [0.2, 0.25) is 0 Å². The lowest BCUT2D eigenvalue weighted by molar-refractivity contribution is 0.475. The predicted molar refractivity (Wildman–Crippen MR) is 112 cm³/mol. The minimum absolute atomic E-state index is 0.125. The van der Waals surface area contributed by atoms with Crippen molar-refractivity contribution < 1.29 is 18.1 Å². The Morgan fingerprint density at radius 3 is 2.00 bits per heavy atom. The van der Waals surface area contributed by atoms with E-state index >= 15 is 0 Å². The van der Waals surface area contributed by atoms with E-state index in [9.17, 15) is 18.1 Å². The number of aromatic hydroxyl groups is 1. The molecule has 3 aromatic rings. The Kier molecular flexibility index (Phi) is 4.84. The summed E-state index contributed by atoms with van der Waals surface area (Å²) in [4.78, 5) is 8.88. The SMILES string of the molecule is O=S(=O)(O)c1cccc2c1C(=Nc1ccccc1)C=CC2=Nc1ccc(O)cc1. The lowest BCUT2D eigenvalue weighted by atomic mass is 9.93. The smallest absolute Gasteiger partial charge is 0.295 e. The number of nitrogens with zero attached hydrogens (tertiary/aromatic N) is 2. The topological polar surface area (TPSA) is 99.3 Å². The molecule has 2 N–H and O–H groups in total. The summed E-state index contributed by atoms with van der Waals surface area (Å²) in [5.41, 5.74) is 2.99. The number of fused-ring (bicyclic) bond motifs is 1. The Bertz CT molecular complexity index is 1260. The van der Waals surface area contributed by atoms with Crippen LogP contribution in [-0.2, 0) is 10.1 Å². The third-order valence-electron chi connectivity index (χ3n) is 4.34. The van der Waals surface area contributed by atoms with Crippen LogP contribution in [0.4, 0.5) is 11.4 Å². The molecule has 29 heavy (non-hydrogen) atoms. The lowest BCUT2D eigenvalue weighted by Crippen LogP contribution is -2.17. The summed E-state index contributed by atoms with van der Waals surface area (Å²) in [7, 11) is -4.47. The van der Waals surface area contributed by atoms with Gasteiger partial charge in [-0.05, 0) is 54.6 Å². The molecule has 0 fully saturated rings. The number of rotatable bonds is 3. The molecular formula is C22H16N2O4S. The van der Waals surface area contributed by atoms with Gasteiger partial charge in [-0.25, -0.2) is 9.98 Å². The highest BCUT2D eigenvalue weighted by Gasteiger charge is 2.25. The standard InChI is InChI=1S/C22H16N2O4S/c25-17-11-9-16(10-12-17)23-19-13-14-20(24-15-5-2-1-3-6-15)22-18(19)7-4-8-21(22)29(26,27)28/h1-14,25H,(H,26,27,28). The van der Waals surface area contributed by atoms with Crippen LogP contribution in [0.25, 0.3) is 0 Å². The van der Waals surface area contributed by atoms with Crippen LogP contribution in [0.2, 0.25) is 0 Å². The molecule has 0 saturated heterocycles. The second kappa shape index (κ2) is 7.46. The molecule has 0 aliphatic heterocycles. The van der Waals surface area contributed by atoms with Gasteiger partial charge in [0.05, 0.1) is 22.8 Å². The predicted octanol–water partition coefficient (Wildman–Crippen LogP) is 4.45. The quantitative estimate of drug-likeness (QED) is 0.630. The fourth-order valence-electron chi connectivity index (χ4n) is 3.05. The minimum Gasteiger partial charge on any atom is -0.508 e. The van der Waals surface area contributed by atoms with Gasteiger partial charge in [0.25, 0.3) is 10.1 Å². The van der Waals surface area contributed by atoms with Crippen molar-refractivity contribution in [2.75, 3.05) is 0 Å². The molecule has 4 rings (SSSR count). The lowest BCUT2D eigenvalue weighted by Gasteiger charge is -2.18. The van der Waals surface area contributed by atoms with Gasteiger partial charge < -0.3 is 5.11 Å². The average Bonchev–Trinajstić information content (AvgIpc) is 2.71. The summed E-state index contributed by atoms with van der Waals surface area (Å²) in [6, 6.07) is 20.1. The second-order valence-electron chi connectivity index (χ2n) is 6.33. The van der Waals surface area contributed by atoms with Crippen molar-refractivity contribution in [3.05, 3.63) is 96.1 Å². The van der Waals surface area contributed by atoms with Crippen LogP contribution in [0, 0.1) is 0 Å². The van der Waals surface area contributed by atoms with Crippen molar-refractivity contribution in [2.24, 2.45) is 9.98 Å². The summed E-state index contributed by atoms with van der Waals surface area (Å²) in [5.74, 6) is 0.125. The first-order valence-corrected chi connectivity index (χ1v) is 10.2. The number of benzene rings is 3. The molecule has 144 valence electrons. The van der Waals surface area contributed by atoms with Crippen molar-refractivity contribution >= 4 is 32.9 Å². The van der Waals surface area contributed by atoms with Crippen molar-refractivity contribution in [1.82, 2.24) is 0 Å². The first kappa shape index (κ1) is 18.8. The first-order chi connectivity index (χ1) is 13.9. The number of hydrogen-bond donors (Lipinski definition) is 2. The van der Waals surface area contributed by atoms with Gasteiger partial charge in [-0.1, -0.05) is 30.3 Å². The van der Waals surface area contributed by atoms with Gasteiger partial charge in [0.1, 0.15) is 10.6 Å². The Labute approximate surface area is 168 Å². The Hall–Kier alpha value is -3.55. The molecule has 1 aliphatic carbocycles. The molecular weight excluding hydrogens is 388 g/mol. The maximum atomic E-state index is 12.0. The molecule has 0 spiro atoms. The van der Waals surface area contributed by atoms with Crippen molar-refractivity contribution in [3.8, 4) is 5.75 Å². The van der Waals surface area contributed by atoms with Gasteiger partial charge in [0.15, 0.2) is 0 Å². The van der Waals surface area contributed by atoms with Crippen LogP contribution in [0.15, 0.2) is 99.8 Å². The van der Waals surface area contributed by atoms with Gasteiger partial charge >= 0.3 is 0 Å². The third kappa shape index (κ3) is 4.01. The molecule has 1 aliphatic rings. The normalized spacial score (nSPS) is 16.2. The zero-order valence-corrected chi connectivity index (χ0v) is 15.9. The van der Waals surface area contributed by atoms with Crippen LogP contribution in [0.3, 0.4) is 0 Å². The average molecular weight is 404 g/mol. The molecule has 0 heterocycles. The largest absolute Gasteiger partial charge is 0.508 e. The number of para-hydroxylation sites is 1. The third-order valence-corrected chi connectivity index (χ3v) is 5.24. The fourth-order valence-corrected chi connectivity index (χ4v) is 3.78. The molecule has 0 bridgehead atoms. The van der Waals surface area contributed by atoms with E-state index in [0.717, 1.165) is 0 Å². The van der Waals surface area contributed by atoms with Gasteiger partial charge in [-0.15, -0.1) is 0 Å². The summed E-state index contributed by atoms with van der Waals surface area (Å²) >= 11 is 0. The molecule has 3 aromatic carbocycles. The number of hydrogen-bond acceptors (Lipinski definition) is 5. The van der Waals surface area contributed by atoms with E-state index in [4.69, 9.17) is 0 Å². The molecule has 6 nitrogen and oxygen atoms in total. The van der Waals surface area contributed by atoms with Crippen molar-refractivity contribution in [2.45, 2.75) is 4.90 Å². The van der Waals surface area contributed by atoms with E-state index in [1.54, 1.807) is 48.6 Å². The van der Waals surface area contributed by atoms with E-state index in [0.29, 0.717) is 33.9 Å². The van der Waals surface area contributed by atoms with Crippen molar-refractivity contribution in [1.29, 1.82) is 0 Å². The Balaban J connectivity index is 1.93. The highest BCUT2D eigenvalue weighted by atomic mass is 32.2. The van der Waals surface area contributed by atoms with Gasteiger partial charge in [0, 0.05) is 11.1 Å². The molecule has 0 amide bonds. The van der Waals surface area contributed by atoms with Crippen LogP contribution < -0.4 is 0 Å². The summed E-state index contributed by atoms with van der Waals surface area (Å²) in [5, 5.41) is 9.45. The summed E-state index contributed by atoms with van der Waals surface area (Å²) < 4.78 is 33.8. The van der Waals surface area contributed by atoms with E-state index in [1.165, 1.54) is 18.2 Å². The summed E-state index contributed by atoms with van der Waals surface area (Å²) in [6.45, 7) is 0. The monoisotopic (exact) mass is 404 g/mol. The Morgan fingerprint density at radius 1 is 0.690 bits per heavy atom. The zero-order valence-electron chi connectivity index (χ0n) is 15.1. The van der Waals surface area contributed by atoms with Gasteiger partial charge in [-0.3, -0.25) is 4.55 Å². The Morgan fingerprint density at radius 2 is 1.31 bits per heavy atom. The fraction of sp³-hybridized carbons (Fsp3) is 0. The summed E-state index contributed by atoms with van der Waals surface area (Å²) in [6.07, 6.45) is 3.41. The number of aliphatic imine (C=N–C) groups is 2. The van der Waals surface area contributed by atoms with Crippen molar-refractivity contribution in [3.63, 3.8) is 0 Å². The van der Waals surface area contributed by atoms with Crippen LogP contribution in [-0.4, -0.2) is 29.5 Å². The number of phenols is 1. The minimum atomic E-state index is -4.47. The van der Waals surface area contributed by atoms with E-state index in [1.807, 2.05) is 18.2 Å². The number of phenolic OH excluding ortho intramolecular Hbond substituents is 1. The maximum absolute atomic E-state index is 12.0. The van der Waals surface area contributed by atoms with Gasteiger partial charge in [-0.2, -0.15) is 8.42 Å². The molecule has 0 atom stereocenters. The van der Waals surface area contributed by atoms with Crippen LogP contribution in [0.5, 0.6) is 5.75 Å². The van der Waals surface area contributed by atoms with E-state index in [2.05, 4.69) is 9.98 Å². The molecule has 0 saturated carbocycles. The van der Waals surface area contributed by atoms with E-state index in [-0.39, 0.29) is 10.6 Å². The number of allylic oxidation sites excluding steroid dienone is 2. The maximum Gasteiger partial charge on any atom is 0.295 e.